The van der Waals surface area contributed by atoms with Crippen molar-refractivity contribution in [1.29, 1.82) is 5.41 Å². The Morgan fingerprint density at radius 2 is 2.29 bits per heavy atom. The van der Waals surface area contributed by atoms with Crippen molar-refractivity contribution in [3.05, 3.63) is 36.2 Å². The predicted molar refractivity (Wildman–Crippen MR) is 58.0 cm³/mol. The fourth-order valence-electron chi connectivity index (χ4n) is 1.40. The number of furan rings is 1. The van der Waals surface area contributed by atoms with Gasteiger partial charge in [0.1, 0.15) is 5.49 Å². The van der Waals surface area contributed by atoms with Gasteiger partial charge in [-0.05, 0) is 18.2 Å². The highest BCUT2D eigenvalue weighted by atomic mass is 16.4. The molecule has 2 rings (SSSR count). The lowest BCUT2D eigenvalue weighted by Crippen LogP contribution is -2.23. The Labute approximate surface area is 96.6 Å². The largest absolute Gasteiger partial charge is 0.481 e. The number of aryl methyl sites for hydroxylation is 1. The van der Waals surface area contributed by atoms with E-state index >= 15 is 0 Å². The van der Waals surface area contributed by atoms with E-state index in [1.165, 1.54) is 10.9 Å². The molecule has 88 valence electrons. The van der Waals surface area contributed by atoms with Gasteiger partial charge in [-0.25, -0.2) is 4.68 Å². The van der Waals surface area contributed by atoms with E-state index in [9.17, 15) is 4.79 Å². The van der Waals surface area contributed by atoms with Gasteiger partial charge in [0.15, 0.2) is 0 Å². The van der Waals surface area contributed by atoms with E-state index in [2.05, 4.69) is 5.10 Å². The van der Waals surface area contributed by atoms with Crippen molar-refractivity contribution in [2.24, 2.45) is 0 Å². The van der Waals surface area contributed by atoms with Gasteiger partial charge in [-0.3, -0.25) is 10.2 Å². The lowest BCUT2D eigenvalue weighted by molar-refractivity contribution is -0.137. The van der Waals surface area contributed by atoms with Crippen LogP contribution in [0.1, 0.15) is 6.42 Å². The molecule has 0 spiro atoms. The zero-order chi connectivity index (χ0) is 12.3. The van der Waals surface area contributed by atoms with Gasteiger partial charge in [-0.2, -0.15) is 5.10 Å². The van der Waals surface area contributed by atoms with Crippen molar-refractivity contribution in [3.63, 3.8) is 0 Å². The van der Waals surface area contributed by atoms with E-state index in [1.54, 1.807) is 24.5 Å². The Bertz CT molecular complexity index is 572. The van der Waals surface area contributed by atoms with Crippen LogP contribution in [0, 0.1) is 5.41 Å². The van der Waals surface area contributed by atoms with Crippen LogP contribution in [0.15, 0.2) is 35.1 Å². The summed E-state index contributed by atoms with van der Waals surface area (Å²) in [6, 6.07) is 5.04. The monoisotopic (exact) mass is 233 g/mol. The van der Waals surface area contributed by atoms with Gasteiger partial charge < -0.3 is 9.52 Å². The molecule has 0 saturated heterocycles. The van der Waals surface area contributed by atoms with Crippen LogP contribution in [0.4, 0.5) is 0 Å². The zero-order valence-electron chi connectivity index (χ0n) is 8.96. The lowest BCUT2D eigenvalue weighted by atomic mass is 10.2. The summed E-state index contributed by atoms with van der Waals surface area (Å²) >= 11 is 0. The van der Waals surface area contributed by atoms with E-state index in [4.69, 9.17) is 14.9 Å². The molecule has 6 nitrogen and oxygen atoms in total. The molecule has 2 aromatic rings. The minimum atomic E-state index is -0.910. The molecule has 0 unspecified atom stereocenters. The van der Waals surface area contributed by atoms with E-state index in [0.717, 1.165) is 5.56 Å². The molecular formula is C11H11N3O3. The number of hydrogen-bond acceptors (Lipinski definition) is 4. The van der Waals surface area contributed by atoms with Crippen molar-refractivity contribution in [1.82, 2.24) is 9.78 Å². The topological polar surface area (TPSA) is 92.1 Å². The van der Waals surface area contributed by atoms with Gasteiger partial charge in [0.05, 0.1) is 31.2 Å². The summed E-state index contributed by atoms with van der Waals surface area (Å²) in [5, 5.41) is 20.4. The first kappa shape index (κ1) is 11.1. The zero-order valence-corrected chi connectivity index (χ0v) is 8.96. The first-order chi connectivity index (χ1) is 8.16. The lowest BCUT2D eigenvalue weighted by Gasteiger charge is -2.05. The van der Waals surface area contributed by atoms with Gasteiger partial charge in [0.25, 0.3) is 0 Å². The molecule has 0 amide bonds. The van der Waals surface area contributed by atoms with Crippen LogP contribution < -0.4 is 5.49 Å². The molecule has 0 atom stereocenters. The highest BCUT2D eigenvalue weighted by Crippen LogP contribution is 2.14. The normalized spacial score (nSPS) is 10.4. The summed E-state index contributed by atoms with van der Waals surface area (Å²) in [4.78, 5) is 10.5. The molecule has 2 heterocycles. The second-order valence-electron chi connectivity index (χ2n) is 3.48. The molecule has 0 bridgehead atoms. The number of nitrogens with zero attached hydrogens (tertiary/aromatic N) is 2. The smallest absolute Gasteiger partial charge is 0.305 e. The molecule has 0 aliphatic rings. The molecule has 2 N–H and O–H groups in total. The Hall–Kier alpha value is -2.37. The van der Waals surface area contributed by atoms with Crippen molar-refractivity contribution in [2.75, 3.05) is 0 Å². The second-order valence-corrected chi connectivity index (χ2v) is 3.48. The summed E-state index contributed by atoms with van der Waals surface area (Å²) in [5.41, 5.74) is 1.63. The fraction of sp³-hybridized carbons (Fsp3) is 0.182. The van der Waals surface area contributed by atoms with Crippen LogP contribution in [0.25, 0.3) is 11.3 Å². The van der Waals surface area contributed by atoms with Crippen LogP contribution in [-0.4, -0.2) is 20.9 Å². The highest BCUT2D eigenvalue weighted by Gasteiger charge is 2.04. The van der Waals surface area contributed by atoms with E-state index in [-0.39, 0.29) is 18.5 Å². The Morgan fingerprint density at radius 1 is 1.47 bits per heavy atom. The fourth-order valence-corrected chi connectivity index (χ4v) is 1.40. The number of hydrogen-bond donors (Lipinski definition) is 2. The third-order valence-corrected chi connectivity index (χ3v) is 2.26. The number of aromatic nitrogens is 2. The summed E-state index contributed by atoms with van der Waals surface area (Å²) in [6.45, 7) is 0.180. The maximum atomic E-state index is 10.5. The van der Waals surface area contributed by atoms with Crippen LogP contribution in [0.2, 0.25) is 0 Å². The van der Waals surface area contributed by atoms with E-state index < -0.39 is 5.97 Å². The van der Waals surface area contributed by atoms with Gasteiger partial charge in [-0.1, -0.05) is 0 Å². The van der Waals surface area contributed by atoms with Gasteiger partial charge in [0.2, 0.25) is 0 Å². The number of nitrogens with one attached hydrogen (secondary N) is 1. The van der Waals surface area contributed by atoms with Gasteiger partial charge in [-0.15, -0.1) is 0 Å². The maximum Gasteiger partial charge on any atom is 0.305 e. The van der Waals surface area contributed by atoms with Crippen molar-refractivity contribution in [2.45, 2.75) is 13.0 Å². The first-order valence-electron chi connectivity index (χ1n) is 5.04. The standard InChI is InChI=1S/C11H11N3O3/c12-10-2-1-9(8-4-6-17-7-8)13-14(10)5-3-11(15)16/h1-2,4,6-7,12H,3,5H2,(H,15,16). The minimum Gasteiger partial charge on any atom is -0.481 e. The van der Waals surface area contributed by atoms with E-state index in [0.29, 0.717) is 5.69 Å². The number of rotatable bonds is 4. The molecular weight excluding hydrogens is 222 g/mol. The van der Waals surface area contributed by atoms with Crippen LogP contribution in [0.5, 0.6) is 0 Å². The van der Waals surface area contributed by atoms with Crippen LogP contribution >= 0.6 is 0 Å². The third kappa shape index (κ3) is 2.60. The average molecular weight is 233 g/mol. The summed E-state index contributed by atoms with van der Waals surface area (Å²) < 4.78 is 6.30. The van der Waals surface area contributed by atoms with Crippen molar-refractivity contribution < 1.29 is 14.3 Å². The summed E-state index contributed by atoms with van der Waals surface area (Å²) in [6.07, 6.45) is 3.03. The Kier molecular flexibility index (Phi) is 3.04. The Morgan fingerprint density at radius 3 is 2.94 bits per heavy atom. The van der Waals surface area contributed by atoms with Crippen molar-refractivity contribution >= 4 is 5.97 Å². The highest BCUT2D eigenvalue weighted by molar-refractivity contribution is 5.66. The number of aliphatic carboxylic acids is 1. The molecule has 6 heteroatoms. The molecule has 0 fully saturated rings. The van der Waals surface area contributed by atoms with Crippen LogP contribution in [0.3, 0.4) is 0 Å². The predicted octanol–water partition coefficient (Wildman–Crippen LogP) is 1.10. The second kappa shape index (κ2) is 4.65. The SMILES string of the molecule is N=c1ccc(-c2ccoc2)nn1CCC(=O)O. The minimum absolute atomic E-state index is 0.0572. The number of carbonyl (C=O) groups is 1. The molecule has 0 aliphatic heterocycles. The van der Waals surface area contributed by atoms with E-state index in [1.807, 2.05) is 0 Å². The molecule has 0 aromatic carbocycles. The molecule has 2 aromatic heterocycles. The molecule has 17 heavy (non-hydrogen) atoms. The molecule has 0 saturated carbocycles. The molecule has 0 aliphatic carbocycles. The van der Waals surface area contributed by atoms with Crippen LogP contribution in [-0.2, 0) is 11.3 Å². The molecule has 0 radical (unpaired) electrons. The summed E-state index contributed by atoms with van der Waals surface area (Å²) in [5.74, 6) is -0.910. The third-order valence-electron chi connectivity index (χ3n) is 2.26. The quantitative estimate of drug-likeness (QED) is 0.826. The maximum absolute atomic E-state index is 10.5. The van der Waals surface area contributed by atoms with Gasteiger partial charge >= 0.3 is 5.97 Å². The van der Waals surface area contributed by atoms with Crippen molar-refractivity contribution in [3.8, 4) is 11.3 Å². The number of carboxylic acids is 1. The first-order valence-corrected chi connectivity index (χ1v) is 5.04. The Balaban J connectivity index is 2.30. The number of carboxylic acid groups (broad SMARTS) is 1. The van der Waals surface area contributed by atoms with Gasteiger partial charge in [0, 0.05) is 5.56 Å². The summed E-state index contributed by atoms with van der Waals surface area (Å²) in [7, 11) is 0. The average Bonchev–Trinajstić information content (AvgIpc) is 2.81.